The van der Waals surface area contributed by atoms with Crippen LogP contribution in [0.4, 0.5) is 0 Å². The Morgan fingerprint density at radius 1 is 0.478 bits per heavy atom. The van der Waals surface area contributed by atoms with Crippen LogP contribution in [-0.2, 0) is 0 Å². The molecule has 0 N–H and O–H groups in total. The molecular formula is C43H38BClO. The van der Waals surface area contributed by atoms with Crippen molar-refractivity contribution >= 4 is 67.0 Å². The van der Waals surface area contributed by atoms with Crippen LogP contribution in [0.1, 0.15) is 33.4 Å². The molecule has 226 valence electrons. The molecule has 0 radical (unpaired) electrons. The largest absolute Gasteiger partial charge is 0.496 e. The molecule has 0 spiro atoms. The highest BCUT2D eigenvalue weighted by atomic mass is 35.5. The van der Waals surface area contributed by atoms with Crippen LogP contribution in [-0.4, -0.2) is 13.8 Å². The molecule has 0 amide bonds. The first-order valence-corrected chi connectivity index (χ1v) is 16.4. The molecule has 0 aromatic heterocycles. The van der Waals surface area contributed by atoms with E-state index in [9.17, 15) is 0 Å². The third-order valence-corrected chi connectivity index (χ3v) is 9.97. The fourth-order valence-electron chi connectivity index (χ4n) is 8.08. The third-order valence-electron chi connectivity index (χ3n) is 9.73. The summed E-state index contributed by atoms with van der Waals surface area (Å²) in [4.78, 5) is 0. The highest BCUT2D eigenvalue weighted by molar-refractivity contribution is 6.98. The van der Waals surface area contributed by atoms with Crippen molar-refractivity contribution in [1.29, 1.82) is 0 Å². The molecule has 0 heterocycles. The van der Waals surface area contributed by atoms with E-state index in [0.29, 0.717) is 5.02 Å². The topological polar surface area (TPSA) is 9.23 Å². The zero-order valence-electron chi connectivity index (χ0n) is 27.7. The van der Waals surface area contributed by atoms with E-state index >= 15 is 0 Å². The van der Waals surface area contributed by atoms with Crippen LogP contribution in [0.3, 0.4) is 0 Å². The zero-order valence-corrected chi connectivity index (χ0v) is 28.4. The van der Waals surface area contributed by atoms with Crippen molar-refractivity contribution in [3.05, 3.63) is 142 Å². The lowest BCUT2D eigenvalue weighted by molar-refractivity contribution is 0.416. The summed E-state index contributed by atoms with van der Waals surface area (Å²) in [6.45, 7) is 13.6. The first-order chi connectivity index (χ1) is 22.2. The lowest BCUT2D eigenvalue weighted by Crippen LogP contribution is -2.56. The van der Waals surface area contributed by atoms with Crippen molar-refractivity contribution in [1.82, 2.24) is 0 Å². The maximum Gasteiger partial charge on any atom is 0.243 e. The van der Waals surface area contributed by atoms with E-state index in [0.717, 1.165) is 16.9 Å². The Morgan fingerprint density at radius 3 is 1.50 bits per heavy atom. The van der Waals surface area contributed by atoms with Gasteiger partial charge in [0.1, 0.15) is 5.75 Å². The Kier molecular flexibility index (Phi) is 7.66. The highest BCUT2D eigenvalue weighted by Gasteiger charge is 2.30. The molecule has 0 saturated heterocycles. The molecule has 0 atom stereocenters. The Morgan fingerprint density at radius 2 is 0.957 bits per heavy atom. The van der Waals surface area contributed by atoms with Crippen molar-refractivity contribution in [2.75, 3.05) is 7.11 Å². The maximum absolute atomic E-state index is 6.40. The minimum absolute atomic E-state index is 0.0744. The summed E-state index contributed by atoms with van der Waals surface area (Å²) in [6, 6.07) is 37.9. The van der Waals surface area contributed by atoms with Gasteiger partial charge < -0.3 is 4.74 Å². The Labute approximate surface area is 277 Å². The molecule has 0 fully saturated rings. The second-order valence-electron chi connectivity index (χ2n) is 13.0. The van der Waals surface area contributed by atoms with Gasteiger partial charge in [0.15, 0.2) is 0 Å². The number of hydrogen-bond donors (Lipinski definition) is 0. The Hall–Kier alpha value is -4.53. The van der Waals surface area contributed by atoms with Gasteiger partial charge in [0.2, 0.25) is 6.71 Å². The molecule has 0 unspecified atom stereocenters. The van der Waals surface area contributed by atoms with E-state index in [-0.39, 0.29) is 6.71 Å². The number of hydrogen-bond acceptors (Lipinski definition) is 1. The van der Waals surface area contributed by atoms with Crippen LogP contribution in [0.15, 0.2) is 103 Å². The molecule has 1 nitrogen and oxygen atoms in total. The summed E-state index contributed by atoms with van der Waals surface area (Å²) in [6.07, 6.45) is 0. The lowest BCUT2D eigenvalue weighted by Gasteiger charge is -2.26. The standard InChI is InChI=1S/C43H38BClO/c1-25-18-27(3)42(28(4)19-25)44(43-29(5)20-26(2)21-30(43)6)40-24-39-33-13-9-8-12-32(33)37(36-17-16-31(45)22-41(36)46-7)23-38(39)34-14-10-11-15-35(34)40/h8-24H,1-7H3. The molecule has 46 heavy (non-hydrogen) atoms. The van der Waals surface area contributed by atoms with Crippen molar-refractivity contribution < 1.29 is 4.74 Å². The fraction of sp³-hybridized carbons (Fsp3) is 0.163. The number of rotatable bonds is 5. The second-order valence-corrected chi connectivity index (χ2v) is 13.4. The van der Waals surface area contributed by atoms with Gasteiger partial charge in [-0.1, -0.05) is 140 Å². The third kappa shape index (κ3) is 4.97. The fourth-order valence-corrected chi connectivity index (χ4v) is 8.24. The second kappa shape index (κ2) is 11.7. The van der Waals surface area contributed by atoms with E-state index in [2.05, 4.69) is 133 Å². The highest BCUT2D eigenvalue weighted by Crippen LogP contribution is 2.41. The minimum Gasteiger partial charge on any atom is -0.496 e. The van der Waals surface area contributed by atoms with Crippen molar-refractivity contribution in [2.45, 2.75) is 41.5 Å². The molecule has 0 bridgehead atoms. The van der Waals surface area contributed by atoms with Crippen LogP contribution in [0.2, 0.25) is 5.02 Å². The van der Waals surface area contributed by atoms with Gasteiger partial charge in [-0.25, -0.2) is 0 Å². The van der Waals surface area contributed by atoms with Gasteiger partial charge in [0, 0.05) is 10.6 Å². The lowest BCUT2D eigenvalue weighted by atomic mass is 9.33. The molecule has 3 heteroatoms. The van der Waals surface area contributed by atoms with Crippen LogP contribution < -0.4 is 21.1 Å². The molecule has 0 aliphatic carbocycles. The molecule has 7 aromatic carbocycles. The average molecular weight is 617 g/mol. The monoisotopic (exact) mass is 616 g/mol. The Bertz CT molecular complexity index is 2230. The minimum atomic E-state index is 0.0744. The molecule has 7 aromatic rings. The summed E-state index contributed by atoms with van der Waals surface area (Å²) < 4.78 is 5.85. The van der Waals surface area contributed by atoms with Gasteiger partial charge in [-0.15, -0.1) is 0 Å². The predicted molar refractivity (Wildman–Crippen MR) is 202 cm³/mol. The first kappa shape index (κ1) is 30.1. The number of aryl methyl sites for hydroxylation is 6. The van der Waals surface area contributed by atoms with Crippen LogP contribution in [0, 0.1) is 41.5 Å². The van der Waals surface area contributed by atoms with E-state index in [1.165, 1.54) is 82.1 Å². The van der Waals surface area contributed by atoms with Gasteiger partial charge >= 0.3 is 0 Å². The van der Waals surface area contributed by atoms with E-state index in [1.807, 2.05) is 12.1 Å². The number of halogens is 1. The maximum atomic E-state index is 6.40. The average Bonchev–Trinajstić information content (AvgIpc) is 3.02. The van der Waals surface area contributed by atoms with Crippen LogP contribution in [0.5, 0.6) is 5.75 Å². The van der Waals surface area contributed by atoms with E-state index in [4.69, 9.17) is 16.3 Å². The van der Waals surface area contributed by atoms with E-state index < -0.39 is 0 Å². The first-order valence-electron chi connectivity index (χ1n) is 16.0. The molecule has 7 rings (SSSR count). The Balaban J connectivity index is 1.65. The van der Waals surface area contributed by atoms with Crippen LogP contribution >= 0.6 is 11.6 Å². The SMILES string of the molecule is COc1cc(Cl)ccc1-c1cc2c3ccccc3c(B(c3c(C)cc(C)cc3C)c3c(C)cc(C)cc3C)cc2c2ccccc12. The molecular weight excluding hydrogens is 579 g/mol. The smallest absolute Gasteiger partial charge is 0.243 e. The quantitative estimate of drug-likeness (QED) is 0.138. The van der Waals surface area contributed by atoms with E-state index in [1.54, 1.807) is 7.11 Å². The number of benzene rings is 7. The summed E-state index contributed by atoms with van der Waals surface area (Å²) in [7, 11) is 1.71. The molecule has 0 aliphatic rings. The summed E-state index contributed by atoms with van der Waals surface area (Å²) >= 11 is 6.40. The van der Waals surface area contributed by atoms with Crippen molar-refractivity contribution in [2.24, 2.45) is 0 Å². The summed E-state index contributed by atoms with van der Waals surface area (Å²) in [5, 5.41) is 8.11. The number of methoxy groups -OCH3 is 1. The van der Waals surface area contributed by atoms with Gasteiger partial charge in [-0.05, 0) is 104 Å². The number of fused-ring (bicyclic) bond motifs is 5. The van der Waals surface area contributed by atoms with Crippen molar-refractivity contribution in [3.63, 3.8) is 0 Å². The summed E-state index contributed by atoms with van der Waals surface area (Å²) in [5.74, 6) is 0.772. The van der Waals surface area contributed by atoms with Crippen molar-refractivity contribution in [3.8, 4) is 16.9 Å². The van der Waals surface area contributed by atoms with Gasteiger partial charge in [0.05, 0.1) is 7.11 Å². The molecule has 0 aliphatic heterocycles. The summed E-state index contributed by atoms with van der Waals surface area (Å²) in [5.41, 5.74) is 14.3. The molecule has 0 saturated carbocycles. The number of ether oxygens (including phenoxy) is 1. The normalized spacial score (nSPS) is 11.5. The van der Waals surface area contributed by atoms with Gasteiger partial charge in [-0.3, -0.25) is 0 Å². The van der Waals surface area contributed by atoms with Gasteiger partial charge in [-0.2, -0.15) is 0 Å². The van der Waals surface area contributed by atoms with Crippen LogP contribution in [0.25, 0.3) is 43.4 Å². The zero-order chi connectivity index (χ0) is 32.3. The predicted octanol–water partition coefficient (Wildman–Crippen LogP) is 9.84. The van der Waals surface area contributed by atoms with Gasteiger partial charge in [0.25, 0.3) is 0 Å².